The Kier molecular flexibility index (Phi) is 7.00. The summed E-state index contributed by atoms with van der Waals surface area (Å²) in [5.41, 5.74) is 8.31. The van der Waals surface area contributed by atoms with Crippen molar-refractivity contribution in [3.05, 3.63) is 72.1 Å². The predicted molar refractivity (Wildman–Crippen MR) is 150 cm³/mol. The summed E-state index contributed by atoms with van der Waals surface area (Å²) in [4.78, 5) is 27.0. The van der Waals surface area contributed by atoms with Crippen LogP contribution in [0.2, 0.25) is 0 Å². The monoisotopic (exact) mass is 497 g/mol. The number of aryl methyl sites for hydroxylation is 1. The first-order valence-corrected chi connectivity index (χ1v) is 12.9. The summed E-state index contributed by atoms with van der Waals surface area (Å²) in [6.07, 6.45) is 3.33. The maximum Gasteiger partial charge on any atom is 0.253 e. The predicted octanol–water partition coefficient (Wildman–Crippen LogP) is 4.41. The van der Waals surface area contributed by atoms with E-state index in [4.69, 9.17) is 4.98 Å². The van der Waals surface area contributed by atoms with Crippen LogP contribution in [0.1, 0.15) is 22.8 Å². The zero-order chi connectivity index (χ0) is 26.1. The standard InChI is InChI=1S/C30H35N5O2/c1-20-15-24(9-10-28(20)35-13-11-33(3)12-14-35)25-16-26-27(18-32-29(26)31-17-25)22-5-7-23(8-6-22)30(37)34(4)19-21(2)36/h5-10,15-18,21,36H,11-14,19H2,1-4H3,(H,31,32)/t21-/m1/s1. The number of aromatic nitrogens is 2. The molecular weight excluding hydrogens is 462 g/mol. The summed E-state index contributed by atoms with van der Waals surface area (Å²) in [7, 11) is 3.88. The Morgan fingerprint density at radius 3 is 2.43 bits per heavy atom. The SMILES string of the molecule is Cc1cc(-c2cnc3[nH]cc(-c4ccc(C(=O)N(C)C[C@@H](C)O)cc4)c3c2)ccc1N1CCN(C)CC1. The number of benzene rings is 2. The molecule has 0 spiro atoms. The van der Waals surface area contributed by atoms with Gasteiger partial charge in [-0.15, -0.1) is 0 Å². The normalized spacial score (nSPS) is 15.2. The van der Waals surface area contributed by atoms with Crippen molar-refractivity contribution >= 4 is 22.6 Å². The number of hydrogen-bond acceptors (Lipinski definition) is 5. The number of aromatic amines is 1. The van der Waals surface area contributed by atoms with Crippen LogP contribution in [-0.2, 0) is 0 Å². The minimum atomic E-state index is -0.562. The first-order valence-electron chi connectivity index (χ1n) is 12.9. The van der Waals surface area contributed by atoms with Crippen molar-refractivity contribution in [1.29, 1.82) is 0 Å². The Bertz CT molecular complexity index is 1400. The van der Waals surface area contributed by atoms with Crippen LogP contribution in [0.4, 0.5) is 5.69 Å². The molecule has 2 aromatic heterocycles. The number of carbonyl (C=O) groups is 1. The van der Waals surface area contributed by atoms with Gasteiger partial charge in [-0.1, -0.05) is 18.2 Å². The van der Waals surface area contributed by atoms with Crippen molar-refractivity contribution in [1.82, 2.24) is 19.8 Å². The van der Waals surface area contributed by atoms with Gasteiger partial charge >= 0.3 is 0 Å². The van der Waals surface area contributed by atoms with E-state index in [0.717, 1.165) is 59.5 Å². The van der Waals surface area contributed by atoms with Crippen molar-refractivity contribution in [3.8, 4) is 22.3 Å². The molecule has 0 unspecified atom stereocenters. The van der Waals surface area contributed by atoms with Gasteiger partial charge in [0.25, 0.3) is 5.91 Å². The summed E-state index contributed by atoms with van der Waals surface area (Å²) in [5.74, 6) is -0.106. The van der Waals surface area contributed by atoms with E-state index in [0.29, 0.717) is 12.1 Å². The highest BCUT2D eigenvalue weighted by Crippen LogP contribution is 2.33. The van der Waals surface area contributed by atoms with Gasteiger partial charge in [-0.05, 0) is 67.9 Å². The second-order valence-electron chi connectivity index (χ2n) is 10.2. The van der Waals surface area contributed by atoms with E-state index >= 15 is 0 Å². The average molecular weight is 498 g/mol. The number of nitrogens with one attached hydrogen (secondary N) is 1. The first kappa shape index (κ1) is 25.0. The highest BCUT2D eigenvalue weighted by atomic mass is 16.3. The Balaban J connectivity index is 1.40. The third-order valence-corrected chi connectivity index (χ3v) is 7.23. The molecule has 7 heteroatoms. The van der Waals surface area contributed by atoms with Gasteiger partial charge in [-0.2, -0.15) is 0 Å². The minimum absolute atomic E-state index is 0.106. The van der Waals surface area contributed by atoms with Crippen LogP contribution in [0.25, 0.3) is 33.3 Å². The van der Waals surface area contributed by atoms with E-state index in [1.54, 1.807) is 18.9 Å². The molecular formula is C30H35N5O2. The third-order valence-electron chi connectivity index (χ3n) is 7.23. The van der Waals surface area contributed by atoms with Crippen molar-refractivity contribution in [2.75, 3.05) is 51.7 Å². The fourth-order valence-electron chi connectivity index (χ4n) is 5.13. The number of aliphatic hydroxyl groups is 1. The fourth-order valence-corrected chi connectivity index (χ4v) is 5.13. The number of nitrogens with zero attached hydrogens (tertiary/aromatic N) is 4. The van der Waals surface area contributed by atoms with Crippen LogP contribution >= 0.6 is 0 Å². The number of H-pyrrole nitrogens is 1. The molecule has 192 valence electrons. The number of pyridine rings is 1. The molecule has 0 bridgehead atoms. The second-order valence-corrected chi connectivity index (χ2v) is 10.2. The first-order chi connectivity index (χ1) is 17.8. The summed E-state index contributed by atoms with van der Waals surface area (Å²) in [5, 5.41) is 10.6. The Morgan fingerprint density at radius 1 is 1.05 bits per heavy atom. The lowest BCUT2D eigenvalue weighted by Crippen LogP contribution is -2.44. The number of fused-ring (bicyclic) bond motifs is 1. The minimum Gasteiger partial charge on any atom is -0.392 e. The lowest BCUT2D eigenvalue weighted by atomic mass is 9.99. The van der Waals surface area contributed by atoms with Gasteiger partial charge in [0.2, 0.25) is 0 Å². The van der Waals surface area contributed by atoms with Gasteiger partial charge < -0.3 is 24.8 Å². The van der Waals surface area contributed by atoms with Crippen molar-refractivity contribution in [2.45, 2.75) is 20.0 Å². The van der Waals surface area contributed by atoms with E-state index in [-0.39, 0.29) is 5.91 Å². The molecule has 1 aliphatic rings. The summed E-state index contributed by atoms with van der Waals surface area (Å²) in [6, 6.07) is 16.5. The van der Waals surface area contributed by atoms with E-state index < -0.39 is 6.10 Å². The molecule has 4 aromatic rings. The Morgan fingerprint density at radius 2 is 1.76 bits per heavy atom. The fraction of sp³-hybridized carbons (Fsp3) is 0.333. The molecule has 37 heavy (non-hydrogen) atoms. The van der Waals surface area contributed by atoms with Gasteiger partial charge in [-0.25, -0.2) is 4.98 Å². The van der Waals surface area contributed by atoms with Crippen LogP contribution in [0, 0.1) is 6.92 Å². The quantitative estimate of drug-likeness (QED) is 0.413. The number of carbonyl (C=O) groups excluding carboxylic acids is 1. The maximum absolute atomic E-state index is 12.7. The maximum atomic E-state index is 12.7. The molecule has 2 aromatic carbocycles. The molecule has 7 nitrogen and oxygen atoms in total. The van der Waals surface area contributed by atoms with Crippen LogP contribution in [0.5, 0.6) is 0 Å². The number of hydrogen-bond donors (Lipinski definition) is 2. The molecule has 1 atom stereocenters. The average Bonchev–Trinajstić information content (AvgIpc) is 3.32. The number of amides is 1. The molecule has 5 rings (SSSR count). The molecule has 1 saturated heterocycles. The second kappa shape index (κ2) is 10.4. The van der Waals surface area contributed by atoms with Crippen molar-refractivity contribution in [3.63, 3.8) is 0 Å². The van der Waals surface area contributed by atoms with E-state index in [9.17, 15) is 9.90 Å². The van der Waals surface area contributed by atoms with Crippen LogP contribution in [0.15, 0.2) is 60.9 Å². The summed E-state index contributed by atoms with van der Waals surface area (Å²) < 4.78 is 0. The topological polar surface area (TPSA) is 75.7 Å². The number of anilines is 1. The van der Waals surface area contributed by atoms with Gasteiger partial charge in [0.15, 0.2) is 0 Å². The highest BCUT2D eigenvalue weighted by Gasteiger charge is 2.17. The van der Waals surface area contributed by atoms with Crippen molar-refractivity contribution in [2.24, 2.45) is 0 Å². The molecule has 2 N–H and O–H groups in total. The van der Waals surface area contributed by atoms with E-state index in [1.807, 2.05) is 36.7 Å². The molecule has 1 amide bonds. The smallest absolute Gasteiger partial charge is 0.253 e. The van der Waals surface area contributed by atoms with Gasteiger partial charge in [0.05, 0.1) is 6.10 Å². The van der Waals surface area contributed by atoms with Crippen LogP contribution in [-0.4, -0.2) is 83.7 Å². The van der Waals surface area contributed by atoms with Crippen LogP contribution in [0.3, 0.4) is 0 Å². The van der Waals surface area contributed by atoms with E-state index in [2.05, 4.69) is 53.0 Å². The number of aliphatic hydroxyl groups excluding tert-OH is 1. The number of rotatable bonds is 6. The van der Waals surface area contributed by atoms with Gasteiger partial charge in [0.1, 0.15) is 5.65 Å². The zero-order valence-electron chi connectivity index (χ0n) is 22.0. The molecule has 1 aliphatic heterocycles. The molecule has 1 fully saturated rings. The van der Waals surface area contributed by atoms with Crippen molar-refractivity contribution < 1.29 is 9.90 Å². The molecule has 0 radical (unpaired) electrons. The van der Waals surface area contributed by atoms with Gasteiger partial charge in [-0.3, -0.25) is 4.79 Å². The lowest BCUT2D eigenvalue weighted by Gasteiger charge is -2.35. The molecule has 3 heterocycles. The number of likely N-dealkylation sites (N-methyl/N-ethyl adjacent to an activating group) is 2. The highest BCUT2D eigenvalue weighted by molar-refractivity contribution is 5.98. The Labute approximate surface area is 218 Å². The molecule has 0 saturated carbocycles. The van der Waals surface area contributed by atoms with Gasteiger partial charge in [0, 0.05) is 79.9 Å². The Hall–Kier alpha value is -3.68. The zero-order valence-corrected chi connectivity index (χ0v) is 22.0. The largest absolute Gasteiger partial charge is 0.392 e. The lowest BCUT2D eigenvalue weighted by molar-refractivity contribution is 0.0703. The number of piperazine rings is 1. The summed E-state index contributed by atoms with van der Waals surface area (Å²) >= 11 is 0. The van der Waals surface area contributed by atoms with Crippen LogP contribution < -0.4 is 4.90 Å². The summed E-state index contributed by atoms with van der Waals surface area (Å²) in [6.45, 7) is 8.45. The van der Waals surface area contributed by atoms with E-state index in [1.165, 1.54) is 11.3 Å². The third kappa shape index (κ3) is 5.24. The molecule has 0 aliphatic carbocycles.